The first-order valence-corrected chi connectivity index (χ1v) is 7.75. The maximum Gasteiger partial charge on any atom is 0.255 e. The van der Waals surface area contributed by atoms with Crippen LogP contribution in [0.5, 0.6) is 0 Å². The van der Waals surface area contributed by atoms with E-state index in [1.165, 1.54) is 6.26 Å². The van der Waals surface area contributed by atoms with Gasteiger partial charge in [-0.1, -0.05) is 24.3 Å². The molecule has 0 saturated heterocycles. The summed E-state index contributed by atoms with van der Waals surface area (Å²) in [5.74, 6) is -0.302. The normalized spacial score (nSPS) is 10.4. The molecule has 0 radical (unpaired) electrons. The molecule has 0 aliphatic rings. The van der Waals surface area contributed by atoms with Gasteiger partial charge in [0.1, 0.15) is 0 Å². The zero-order chi connectivity index (χ0) is 17.6. The first-order chi connectivity index (χ1) is 12.2. The van der Waals surface area contributed by atoms with Crippen LogP contribution in [0.4, 0.5) is 5.69 Å². The van der Waals surface area contributed by atoms with Crippen molar-refractivity contribution in [2.75, 3.05) is 12.4 Å². The summed E-state index contributed by atoms with van der Waals surface area (Å²) in [5.41, 5.74) is 2.50. The molecule has 0 unspecified atom stereocenters. The lowest BCUT2D eigenvalue weighted by Gasteiger charge is -2.07. The minimum Gasteiger partial charge on any atom is -0.461 e. The molecule has 1 N–H and O–H groups in total. The maximum absolute atomic E-state index is 12.4. The fourth-order valence-electron chi connectivity index (χ4n) is 2.41. The summed E-state index contributed by atoms with van der Waals surface area (Å²) in [4.78, 5) is 24.7. The number of furan rings is 1. The van der Waals surface area contributed by atoms with E-state index in [2.05, 4.69) is 5.32 Å². The van der Waals surface area contributed by atoms with Gasteiger partial charge in [0.05, 0.1) is 12.9 Å². The average molecular weight is 335 g/mol. The monoisotopic (exact) mass is 335 g/mol. The first-order valence-electron chi connectivity index (χ1n) is 7.75. The fraction of sp³-hybridized carbons (Fsp3) is 0.100. The second-order valence-electron chi connectivity index (χ2n) is 5.47. The molecule has 25 heavy (non-hydrogen) atoms. The molecule has 0 saturated carbocycles. The Kier molecular flexibility index (Phi) is 5.06. The Morgan fingerprint density at radius 3 is 2.44 bits per heavy atom. The van der Waals surface area contributed by atoms with Crippen molar-refractivity contribution in [2.45, 2.75) is 6.61 Å². The van der Waals surface area contributed by atoms with Crippen molar-refractivity contribution in [1.29, 1.82) is 0 Å². The van der Waals surface area contributed by atoms with E-state index in [-0.39, 0.29) is 17.5 Å². The van der Waals surface area contributed by atoms with Crippen molar-refractivity contribution < 1.29 is 18.7 Å². The van der Waals surface area contributed by atoms with Gasteiger partial charge in [-0.25, -0.2) is 0 Å². The molecule has 126 valence electrons. The van der Waals surface area contributed by atoms with Crippen molar-refractivity contribution >= 4 is 17.4 Å². The van der Waals surface area contributed by atoms with Crippen LogP contribution in [0.3, 0.4) is 0 Å². The summed E-state index contributed by atoms with van der Waals surface area (Å²) in [6.07, 6.45) is 1.44. The lowest BCUT2D eigenvalue weighted by molar-refractivity contribution is 0.101. The number of hydrogen-bond donors (Lipinski definition) is 1. The van der Waals surface area contributed by atoms with E-state index in [1.54, 1.807) is 43.5 Å². The SMILES string of the molecule is COCc1ccc(NC(=O)c2cccc(C(=O)c3ccco3)c2)cc1. The van der Waals surface area contributed by atoms with Crippen LogP contribution < -0.4 is 5.32 Å². The van der Waals surface area contributed by atoms with Crippen molar-refractivity contribution in [1.82, 2.24) is 0 Å². The van der Waals surface area contributed by atoms with Gasteiger partial charge in [0, 0.05) is 23.9 Å². The highest BCUT2D eigenvalue weighted by Crippen LogP contribution is 2.15. The molecule has 3 rings (SSSR count). The second-order valence-corrected chi connectivity index (χ2v) is 5.47. The van der Waals surface area contributed by atoms with Gasteiger partial charge < -0.3 is 14.5 Å². The summed E-state index contributed by atoms with van der Waals surface area (Å²) in [6.45, 7) is 0.519. The Morgan fingerprint density at radius 2 is 1.76 bits per heavy atom. The molecule has 0 fully saturated rings. The van der Waals surface area contributed by atoms with Crippen molar-refractivity contribution in [3.05, 3.63) is 89.4 Å². The Morgan fingerprint density at radius 1 is 1.00 bits per heavy atom. The number of rotatable bonds is 6. The number of carbonyl (C=O) groups excluding carboxylic acids is 2. The van der Waals surface area contributed by atoms with Gasteiger partial charge in [0.15, 0.2) is 5.76 Å². The Labute approximate surface area is 145 Å². The number of benzene rings is 2. The lowest BCUT2D eigenvalue weighted by Crippen LogP contribution is -2.13. The van der Waals surface area contributed by atoms with Crippen LogP contribution >= 0.6 is 0 Å². The third-order valence-corrected chi connectivity index (χ3v) is 3.65. The molecular weight excluding hydrogens is 318 g/mol. The molecule has 2 aromatic carbocycles. The Bertz CT molecular complexity index is 867. The van der Waals surface area contributed by atoms with Crippen molar-refractivity contribution in [2.24, 2.45) is 0 Å². The van der Waals surface area contributed by atoms with E-state index < -0.39 is 0 Å². The molecule has 1 amide bonds. The van der Waals surface area contributed by atoms with Crippen molar-refractivity contribution in [3.8, 4) is 0 Å². The quantitative estimate of drug-likeness (QED) is 0.694. The number of carbonyl (C=O) groups is 2. The standard InChI is InChI=1S/C20H17NO4/c1-24-13-14-7-9-17(10-8-14)21-20(23)16-5-2-4-15(12-16)19(22)18-6-3-11-25-18/h2-12H,13H2,1H3,(H,21,23). The molecule has 0 atom stereocenters. The van der Waals surface area contributed by atoms with Crippen LogP contribution in [0.15, 0.2) is 71.3 Å². The van der Waals surface area contributed by atoms with E-state index >= 15 is 0 Å². The van der Waals surface area contributed by atoms with E-state index in [4.69, 9.17) is 9.15 Å². The zero-order valence-electron chi connectivity index (χ0n) is 13.7. The number of amides is 1. The number of nitrogens with one attached hydrogen (secondary N) is 1. The maximum atomic E-state index is 12.4. The van der Waals surface area contributed by atoms with Crippen LogP contribution in [0.25, 0.3) is 0 Å². The summed E-state index contributed by atoms with van der Waals surface area (Å²) < 4.78 is 10.2. The molecule has 5 heteroatoms. The van der Waals surface area contributed by atoms with Crippen LogP contribution in [0.2, 0.25) is 0 Å². The lowest BCUT2D eigenvalue weighted by atomic mass is 10.1. The highest BCUT2D eigenvalue weighted by molar-refractivity contribution is 6.10. The minimum atomic E-state index is -0.284. The van der Waals surface area contributed by atoms with Gasteiger partial charge in [-0.3, -0.25) is 9.59 Å². The first kappa shape index (κ1) is 16.7. The Hall–Kier alpha value is -3.18. The average Bonchev–Trinajstić information content (AvgIpc) is 3.18. The molecule has 0 spiro atoms. The summed E-state index contributed by atoms with van der Waals surface area (Å²) in [5, 5.41) is 2.81. The van der Waals surface area contributed by atoms with Crippen LogP contribution in [0.1, 0.15) is 32.0 Å². The van der Waals surface area contributed by atoms with E-state index in [1.807, 2.05) is 24.3 Å². The van der Waals surface area contributed by atoms with Gasteiger partial charge in [-0.15, -0.1) is 0 Å². The van der Waals surface area contributed by atoms with E-state index in [0.29, 0.717) is 23.4 Å². The van der Waals surface area contributed by atoms with Gasteiger partial charge in [0.2, 0.25) is 5.78 Å². The molecule has 3 aromatic rings. The molecule has 5 nitrogen and oxygen atoms in total. The summed E-state index contributed by atoms with van der Waals surface area (Å²) in [7, 11) is 1.63. The molecule has 1 heterocycles. The third-order valence-electron chi connectivity index (χ3n) is 3.65. The van der Waals surface area contributed by atoms with Gasteiger partial charge in [-0.2, -0.15) is 0 Å². The second kappa shape index (κ2) is 7.59. The molecular formula is C20H17NO4. The fourth-order valence-corrected chi connectivity index (χ4v) is 2.41. The van der Waals surface area contributed by atoms with Gasteiger partial charge >= 0.3 is 0 Å². The number of hydrogen-bond acceptors (Lipinski definition) is 4. The molecule has 0 aliphatic carbocycles. The van der Waals surface area contributed by atoms with Crippen LogP contribution in [-0.2, 0) is 11.3 Å². The summed E-state index contributed by atoms with van der Waals surface area (Å²) in [6, 6.07) is 17.2. The number of ketones is 1. The molecule has 0 aliphatic heterocycles. The summed E-state index contributed by atoms with van der Waals surface area (Å²) >= 11 is 0. The van der Waals surface area contributed by atoms with E-state index in [9.17, 15) is 9.59 Å². The minimum absolute atomic E-state index is 0.242. The van der Waals surface area contributed by atoms with E-state index in [0.717, 1.165) is 5.56 Å². The predicted molar refractivity (Wildman–Crippen MR) is 93.7 cm³/mol. The number of anilines is 1. The molecule has 0 bridgehead atoms. The highest BCUT2D eigenvalue weighted by atomic mass is 16.5. The van der Waals surface area contributed by atoms with Gasteiger partial charge in [-0.05, 0) is 42.0 Å². The highest BCUT2D eigenvalue weighted by Gasteiger charge is 2.14. The predicted octanol–water partition coefficient (Wildman–Crippen LogP) is 3.91. The molecule has 1 aromatic heterocycles. The third kappa shape index (κ3) is 4.02. The number of ether oxygens (including phenoxy) is 1. The largest absolute Gasteiger partial charge is 0.461 e. The topological polar surface area (TPSA) is 68.5 Å². The zero-order valence-corrected chi connectivity index (χ0v) is 13.7. The number of methoxy groups -OCH3 is 1. The van der Waals surface area contributed by atoms with Gasteiger partial charge in [0.25, 0.3) is 5.91 Å². The van der Waals surface area contributed by atoms with Crippen LogP contribution in [0, 0.1) is 0 Å². The van der Waals surface area contributed by atoms with Crippen molar-refractivity contribution in [3.63, 3.8) is 0 Å². The van der Waals surface area contributed by atoms with Crippen LogP contribution in [-0.4, -0.2) is 18.8 Å². The smallest absolute Gasteiger partial charge is 0.255 e. The Balaban J connectivity index is 1.74.